The predicted molar refractivity (Wildman–Crippen MR) is 127 cm³/mol. The molecule has 2 heterocycles. The van der Waals surface area contributed by atoms with Gasteiger partial charge in [0.1, 0.15) is 0 Å². The third-order valence-electron chi connectivity index (χ3n) is 5.35. The molecule has 1 N–H and O–H groups in total. The summed E-state index contributed by atoms with van der Waals surface area (Å²) in [5.74, 6) is -1.96. The van der Waals surface area contributed by atoms with Gasteiger partial charge in [0.25, 0.3) is 17.7 Å². The van der Waals surface area contributed by atoms with E-state index in [0.29, 0.717) is 21.5 Å². The molecule has 1 atom stereocenters. The summed E-state index contributed by atoms with van der Waals surface area (Å²) in [7, 11) is 0. The zero-order chi connectivity index (χ0) is 24.4. The molecule has 4 rings (SSSR count). The van der Waals surface area contributed by atoms with E-state index in [4.69, 9.17) is 27.9 Å². The molecule has 0 bridgehead atoms. The van der Waals surface area contributed by atoms with Gasteiger partial charge in [-0.25, -0.2) is 4.98 Å². The topological polar surface area (TPSA) is 106 Å². The third-order valence-corrected chi connectivity index (χ3v) is 5.84. The smallest absolute Gasteiger partial charge is 0.306 e. The van der Waals surface area contributed by atoms with Crippen molar-refractivity contribution < 1.29 is 23.9 Å². The van der Waals surface area contributed by atoms with Gasteiger partial charge in [-0.3, -0.25) is 24.1 Å². The zero-order valence-electron chi connectivity index (χ0n) is 18.0. The van der Waals surface area contributed by atoms with Crippen LogP contribution in [0.3, 0.4) is 0 Å². The molecule has 34 heavy (non-hydrogen) atoms. The van der Waals surface area contributed by atoms with Gasteiger partial charge in [0.15, 0.2) is 11.9 Å². The van der Waals surface area contributed by atoms with Crippen molar-refractivity contribution in [2.45, 2.75) is 25.9 Å². The number of hydrogen-bond donors (Lipinski definition) is 1. The molecule has 1 aliphatic heterocycles. The second-order valence-electron chi connectivity index (χ2n) is 7.68. The highest BCUT2D eigenvalue weighted by molar-refractivity contribution is 6.36. The Hall–Kier alpha value is -3.49. The number of halogens is 2. The van der Waals surface area contributed by atoms with Crippen LogP contribution in [0, 0.1) is 0 Å². The minimum atomic E-state index is -1.11. The molecule has 0 radical (unpaired) electrons. The van der Waals surface area contributed by atoms with Gasteiger partial charge in [0, 0.05) is 35.7 Å². The maximum Gasteiger partial charge on any atom is 0.306 e. The number of esters is 1. The molecular weight excluding hydrogens is 481 g/mol. The van der Waals surface area contributed by atoms with Gasteiger partial charge in [0.05, 0.1) is 10.0 Å². The van der Waals surface area contributed by atoms with Crippen molar-refractivity contribution in [1.82, 2.24) is 9.88 Å². The van der Waals surface area contributed by atoms with Crippen LogP contribution in [0.2, 0.25) is 10.0 Å². The number of carbonyl (C=O) groups excluding carboxylic acids is 4. The second-order valence-corrected chi connectivity index (χ2v) is 8.52. The Balaban J connectivity index is 1.32. The van der Waals surface area contributed by atoms with Crippen LogP contribution in [0.25, 0.3) is 10.8 Å². The van der Waals surface area contributed by atoms with E-state index in [2.05, 4.69) is 10.3 Å². The van der Waals surface area contributed by atoms with E-state index in [1.807, 2.05) is 12.1 Å². The van der Waals surface area contributed by atoms with E-state index in [1.165, 1.54) is 19.2 Å². The Morgan fingerprint density at radius 1 is 1.09 bits per heavy atom. The lowest BCUT2D eigenvalue weighted by molar-refractivity contribution is -0.153. The van der Waals surface area contributed by atoms with Gasteiger partial charge < -0.3 is 10.1 Å². The molecule has 1 aromatic heterocycles. The Bertz CT molecular complexity index is 1280. The Morgan fingerprint density at radius 2 is 1.74 bits per heavy atom. The van der Waals surface area contributed by atoms with E-state index in [0.717, 1.165) is 10.3 Å². The van der Waals surface area contributed by atoms with Crippen molar-refractivity contribution in [3.8, 4) is 0 Å². The third kappa shape index (κ3) is 4.73. The summed E-state index contributed by atoms with van der Waals surface area (Å²) in [5.41, 5.74) is 0.907. The number of nitrogens with one attached hydrogen (secondary N) is 1. The van der Waals surface area contributed by atoms with Crippen LogP contribution in [0.5, 0.6) is 0 Å². The summed E-state index contributed by atoms with van der Waals surface area (Å²) in [6, 6.07) is 12.0. The average molecular weight is 500 g/mol. The number of anilines is 1. The van der Waals surface area contributed by atoms with Crippen molar-refractivity contribution in [3.63, 3.8) is 0 Å². The molecule has 8 nitrogen and oxygen atoms in total. The molecule has 0 saturated carbocycles. The fourth-order valence-corrected chi connectivity index (χ4v) is 4.13. The lowest BCUT2D eigenvalue weighted by atomic mass is 9.94. The molecule has 0 spiro atoms. The van der Waals surface area contributed by atoms with Crippen molar-refractivity contribution >= 4 is 63.5 Å². The molecular formula is C24H19Cl2N3O5. The van der Waals surface area contributed by atoms with Crippen LogP contribution < -0.4 is 5.32 Å². The highest BCUT2D eigenvalue weighted by Gasteiger charge is 2.32. The minimum Gasteiger partial charge on any atom is -0.453 e. The molecule has 3 amide bonds. The van der Waals surface area contributed by atoms with Crippen LogP contribution in [0.1, 0.15) is 40.5 Å². The predicted octanol–water partition coefficient (Wildman–Crippen LogP) is 4.49. The van der Waals surface area contributed by atoms with Crippen LogP contribution in [0.15, 0.2) is 48.7 Å². The number of rotatable bonds is 7. The zero-order valence-corrected chi connectivity index (χ0v) is 19.5. The molecule has 0 fully saturated rings. The second kappa shape index (κ2) is 9.79. The first-order valence-corrected chi connectivity index (χ1v) is 11.2. The molecule has 0 saturated heterocycles. The van der Waals surface area contributed by atoms with Gasteiger partial charge in [-0.15, -0.1) is 0 Å². The first-order valence-electron chi connectivity index (χ1n) is 10.5. The summed E-state index contributed by atoms with van der Waals surface area (Å²) in [6.45, 7) is 1.45. The Kier molecular flexibility index (Phi) is 6.81. The average Bonchev–Trinajstić information content (AvgIpc) is 2.81. The van der Waals surface area contributed by atoms with Crippen LogP contribution in [0.4, 0.5) is 5.82 Å². The molecule has 3 aromatic rings. The van der Waals surface area contributed by atoms with Crippen LogP contribution in [-0.4, -0.2) is 46.2 Å². The van der Waals surface area contributed by atoms with Crippen LogP contribution >= 0.6 is 23.2 Å². The van der Waals surface area contributed by atoms with E-state index in [9.17, 15) is 19.2 Å². The van der Waals surface area contributed by atoms with Crippen molar-refractivity contribution in [2.24, 2.45) is 0 Å². The van der Waals surface area contributed by atoms with E-state index < -0.39 is 29.8 Å². The maximum absolute atomic E-state index is 12.9. The molecule has 2 aromatic carbocycles. The number of carbonyl (C=O) groups is 4. The number of amides is 3. The maximum atomic E-state index is 12.9. The van der Waals surface area contributed by atoms with E-state index >= 15 is 0 Å². The SMILES string of the molecule is C[C@H](OC(=O)CCCN1C(=O)c2cccc3cccc(c23)C1=O)C(=O)Nc1ncc(Cl)cc1Cl. The minimum absolute atomic E-state index is 0.0440. The number of ether oxygens (including phenoxy) is 1. The van der Waals surface area contributed by atoms with Crippen molar-refractivity contribution in [3.05, 3.63) is 69.8 Å². The summed E-state index contributed by atoms with van der Waals surface area (Å²) in [6.07, 6.45) is 0.319. The van der Waals surface area contributed by atoms with E-state index in [-0.39, 0.29) is 30.2 Å². The monoisotopic (exact) mass is 499 g/mol. The number of hydrogen-bond acceptors (Lipinski definition) is 6. The summed E-state index contributed by atoms with van der Waals surface area (Å²) >= 11 is 11.8. The first kappa shape index (κ1) is 23.7. The first-order chi connectivity index (χ1) is 16.3. The summed E-state index contributed by atoms with van der Waals surface area (Å²) < 4.78 is 5.16. The van der Waals surface area contributed by atoms with Gasteiger partial charge in [-0.1, -0.05) is 47.5 Å². The van der Waals surface area contributed by atoms with Gasteiger partial charge >= 0.3 is 5.97 Å². The molecule has 10 heteroatoms. The summed E-state index contributed by atoms with van der Waals surface area (Å²) in [4.78, 5) is 55.3. The van der Waals surface area contributed by atoms with Crippen molar-refractivity contribution in [1.29, 1.82) is 0 Å². The molecule has 1 aliphatic rings. The number of nitrogens with zero attached hydrogens (tertiary/aromatic N) is 2. The number of benzene rings is 2. The lowest BCUT2D eigenvalue weighted by Crippen LogP contribution is -2.41. The largest absolute Gasteiger partial charge is 0.453 e. The standard InChI is InChI=1S/C24H19Cl2N3O5/c1-13(22(31)28-21-18(26)11-15(25)12-27-21)34-19(30)9-4-10-29-23(32)16-7-2-5-14-6-3-8-17(20(14)16)24(29)33/h2-3,5-8,11-13H,4,9-10H2,1H3,(H,27,28,31)/t13-/m0/s1. The fraction of sp³-hybridized carbons (Fsp3) is 0.208. The fourth-order valence-electron chi connectivity index (χ4n) is 3.70. The number of pyridine rings is 1. The van der Waals surface area contributed by atoms with Gasteiger partial charge in [-0.2, -0.15) is 0 Å². The molecule has 0 aliphatic carbocycles. The van der Waals surface area contributed by atoms with Gasteiger partial charge in [0.2, 0.25) is 0 Å². The summed E-state index contributed by atoms with van der Waals surface area (Å²) in [5, 5.41) is 4.39. The highest BCUT2D eigenvalue weighted by Crippen LogP contribution is 2.30. The van der Waals surface area contributed by atoms with E-state index in [1.54, 1.807) is 24.3 Å². The quantitative estimate of drug-likeness (QED) is 0.379. The Labute approximate surface area is 204 Å². The number of aromatic nitrogens is 1. The number of imide groups is 1. The lowest BCUT2D eigenvalue weighted by Gasteiger charge is -2.27. The Morgan fingerprint density at radius 3 is 2.35 bits per heavy atom. The van der Waals surface area contributed by atoms with Crippen LogP contribution in [-0.2, 0) is 14.3 Å². The molecule has 174 valence electrons. The molecule has 0 unspecified atom stereocenters. The normalized spacial score (nSPS) is 13.7. The van der Waals surface area contributed by atoms with Crippen molar-refractivity contribution in [2.75, 3.05) is 11.9 Å². The van der Waals surface area contributed by atoms with Gasteiger partial charge in [-0.05, 0) is 36.9 Å². The highest BCUT2D eigenvalue weighted by atomic mass is 35.5.